The lowest BCUT2D eigenvalue weighted by atomic mass is 9.88. The zero-order valence-corrected chi connectivity index (χ0v) is 17.3. The number of esters is 3. The molecule has 27 heavy (non-hydrogen) atoms. The maximum absolute atomic E-state index is 12.1. The minimum absolute atomic E-state index is 0.0662. The number of carbonyl (C=O) groups is 3. The van der Waals surface area contributed by atoms with Crippen LogP contribution in [0.4, 0.5) is 0 Å². The smallest absolute Gasteiger partial charge is 0.307 e. The first-order valence-corrected chi connectivity index (χ1v) is 10.1. The first kappa shape index (κ1) is 23.4. The summed E-state index contributed by atoms with van der Waals surface area (Å²) < 4.78 is 16.2. The molecule has 7 nitrogen and oxygen atoms in total. The zero-order valence-electron chi connectivity index (χ0n) is 17.3. The van der Waals surface area contributed by atoms with Crippen LogP contribution in [0, 0.1) is 5.41 Å². The third kappa shape index (κ3) is 9.22. The van der Waals surface area contributed by atoms with Crippen LogP contribution in [-0.2, 0) is 28.6 Å². The second-order valence-electron chi connectivity index (χ2n) is 7.43. The largest absolute Gasteiger partial charge is 0.465 e. The summed E-state index contributed by atoms with van der Waals surface area (Å²) >= 11 is 0. The molecule has 1 fully saturated rings. The molecule has 0 aromatic heterocycles. The van der Waals surface area contributed by atoms with Crippen molar-refractivity contribution in [2.75, 3.05) is 32.9 Å². The van der Waals surface area contributed by atoms with Crippen LogP contribution in [0.2, 0.25) is 0 Å². The minimum atomic E-state index is -0.713. The highest BCUT2D eigenvalue weighted by Gasteiger charge is 2.34. The Hall–Kier alpha value is -1.63. The highest BCUT2D eigenvalue weighted by Crippen LogP contribution is 2.25. The first-order chi connectivity index (χ1) is 12.9. The summed E-state index contributed by atoms with van der Waals surface area (Å²) in [6, 6.07) is 0.545. The monoisotopic (exact) mass is 385 g/mol. The molecule has 0 bridgehead atoms. The van der Waals surface area contributed by atoms with Crippen LogP contribution < -0.4 is 0 Å². The number of hydrogen-bond donors (Lipinski definition) is 0. The predicted octanol–water partition coefficient (Wildman–Crippen LogP) is 2.71. The van der Waals surface area contributed by atoms with Gasteiger partial charge < -0.3 is 14.2 Å². The Bertz CT molecular complexity index is 471. The van der Waals surface area contributed by atoms with Crippen molar-refractivity contribution in [2.24, 2.45) is 5.41 Å². The number of carbonyl (C=O) groups excluding carboxylic acids is 3. The number of nitrogens with zero attached hydrogens (tertiary/aromatic N) is 1. The van der Waals surface area contributed by atoms with Gasteiger partial charge in [-0.05, 0) is 26.2 Å². The van der Waals surface area contributed by atoms with Gasteiger partial charge in [-0.1, -0.05) is 20.8 Å². The van der Waals surface area contributed by atoms with Gasteiger partial charge in [0.25, 0.3) is 0 Å². The molecule has 0 aromatic carbocycles. The van der Waals surface area contributed by atoms with Crippen molar-refractivity contribution in [3.63, 3.8) is 0 Å². The molecule has 1 aliphatic rings. The van der Waals surface area contributed by atoms with Crippen LogP contribution in [-0.4, -0.2) is 61.8 Å². The Balaban J connectivity index is 2.58. The second-order valence-corrected chi connectivity index (χ2v) is 7.43. The normalized spacial score (nSPS) is 18.7. The lowest BCUT2D eigenvalue weighted by molar-refractivity contribution is -0.162. The van der Waals surface area contributed by atoms with Crippen LogP contribution in [0.15, 0.2) is 0 Å². The molecule has 7 heteroatoms. The molecule has 0 spiro atoms. The van der Waals surface area contributed by atoms with Gasteiger partial charge in [0, 0.05) is 32.0 Å². The maximum atomic E-state index is 12.1. The highest BCUT2D eigenvalue weighted by molar-refractivity contribution is 5.70. The van der Waals surface area contributed by atoms with Gasteiger partial charge in [0.2, 0.25) is 0 Å². The summed E-state index contributed by atoms with van der Waals surface area (Å²) in [5, 5.41) is 0. The summed E-state index contributed by atoms with van der Waals surface area (Å²) in [5.41, 5.74) is -0.713. The molecule has 1 saturated heterocycles. The van der Waals surface area contributed by atoms with Crippen molar-refractivity contribution in [1.82, 2.24) is 4.90 Å². The molecule has 0 saturated carbocycles. The minimum Gasteiger partial charge on any atom is -0.465 e. The van der Waals surface area contributed by atoms with E-state index in [4.69, 9.17) is 14.2 Å². The quantitative estimate of drug-likeness (QED) is 0.258. The molecule has 156 valence electrons. The van der Waals surface area contributed by atoms with E-state index in [2.05, 4.69) is 11.8 Å². The van der Waals surface area contributed by atoms with Crippen molar-refractivity contribution in [3.05, 3.63) is 0 Å². The molecule has 1 aliphatic heterocycles. The molecular formula is C20H35NO6. The third-order valence-electron chi connectivity index (χ3n) is 4.87. The lowest BCUT2D eigenvalue weighted by Crippen LogP contribution is -2.39. The van der Waals surface area contributed by atoms with E-state index in [-0.39, 0.29) is 37.7 Å². The summed E-state index contributed by atoms with van der Waals surface area (Å²) in [5.74, 6) is -0.874. The topological polar surface area (TPSA) is 81.9 Å². The Morgan fingerprint density at radius 2 is 1.26 bits per heavy atom. The first-order valence-electron chi connectivity index (χ1n) is 10.1. The van der Waals surface area contributed by atoms with Crippen molar-refractivity contribution in [1.29, 1.82) is 0 Å². The maximum Gasteiger partial charge on any atom is 0.307 e. The predicted molar refractivity (Wildman–Crippen MR) is 101 cm³/mol. The van der Waals surface area contributed by atoms with Gasteiger partial charge in [-0.3, -0.25) is 19.3 Å². The summed E-state index contributed by atoms with van der Waals surface area (Å²) in [7, 11) is 0. The molecule has 0 aromatic rings. The van der Waals surface area contributed by atoms with Crippen molar-refractivity contribution < 1.29 is 28.6 Å². The Morgan fingerprint density at radius 1 is 0.852 bits per heavy atom. The van der Waals surface area contributed by atoms with E-state index in [0.717, 1.165) is 6.54 Å². The zero-order chi connectivity index (χ0) is 20.3. The fourth-order valence-corrected chi connectivity index (χ4v) is 2.60. The van der Waals surface area contributed by atoms with E-state index in [0.29, 0.717) is 51.1 Å². The van der Waals surface area contributed by atoms with Crippen molar-refractivity contribution in [2.45, 2.75) is 72.3 Å². The average molecular weight is 386 g/mol. The van der Waals surface area contributed by atoms with Gasteiger partial charge in [-0.2, -0.15) is 0 Å². The molecule has 2 unspecified atom stereocenters. The van der Waals surface area contributed by atoms with Gasteiger partial charge in [0.15, 0.2) is 0 Å². The van der Waals surface area contributed by atoms with Crippen LogP contribution in [0.3, 0.4) is 0 Å². The Kier molecular flexibility index (Phi) is 10.4. The third-order valence-corrected chi connectivity index (χ3v) is 4.87. The van der Waals surface area contributed by atoms with E-state index < -0.39 is 5.41 Å². The van der Waals surface area contributed by atoms with Crippen LogP contribution in [0.1, 0.15) is 66.2 Å². The Morgan fingerprint density at radius 3 is 1.59 bits per heavy atom. The molecule has 0 amide bonds. The van der Waals surface area contributed by atoms with E-state index in [1.165, 1.54) is 0 Å². The van der Waals surface area contributed by atoms with E-state index in [1.807, 2.05) is 20.8 Å². The second kappa shape index (κ2) is 12.0. The standard InChI is InChI=1S/C20H35NO6/c1-5-8-17(22)25-13-20(7-3,14-26-18(23)9-6-2)15-27-19(24)10-11-21-12-16(21)4/h16H,5-15H2,1-4H3. The van der Waals surface area contributed by atoms with E-state index in [9.17, 15) is 14.4 Å². The SMILES string of the molecule is CCCC(=O)OCC(CC)(COC(=O)CCC)COC(=O)CCN1CC1C. The molecule has 1 rings (SSSR count). The summed E-state index contributed by atoms with van der Waals surface area (Å²) in [6.07, 6.45) is 2.96. The summed E-state index contributed by atoms with van der Waals surface area (Å²) in [6.45, 7) is 9.74. The molecule has 0 N–H and O–H groups in total. The average Bonchev–Trinajstić information content (AvgIpc) is 3.35. The van der Waals surface area contributed by atoms with Gasteiger partial charge in [0.1, 0.15) is 19.8 Å². The fraction of sp³-hybridized carbons (Fsp3) is 0.850. The van der Waals surface area contributed by atoms with Gasteiger partial charge in [0.05, 0.1) is 11.8 Å². The van der Waals surface area contributed by atoms with E-state index in [1.54, 1.807) is 0 Å². The molecule has 1 heterocycles. The van der Waals surface area contributed by atoms with Crippen molar-refractivity contribution in [3.8, 4) is 0 Å². The lowest BCUT2D eigenvalue weighted by Gasteiger charge is -2.31. The van der Waals surface area contributed by atoms with E-state index >= 15 is 0 Å². The number of hydrogen-bond acceptors (Lipinski definition) is 7. The van der Waals surface area contributed by atoms with Gasteiger partial charge >= 0.3 is 17.9 Å². The van der Waals surface area contributed by atoms with Crippen LogP contribution >= 0.6 is 0 Å². The highest BCUT2D eigenvalue weighted by atomic mass is 16.6. The molecule has 0 radical (unpaired) electrons. The summed E-state index contributed by atoms with van der Waals surface area (Å²) in [4.78, 5) is 37.8. The molecular weight excluding hydrogens is 350 g/mol. The fourth-order valence-electron chi connectivity index (χ4n) is 2.60. The number of ether oxygens (including phenoxy) is 3. The molecule has 2 atom stereocenters. The molecule has 0 aliphatic carbocycles. The van der Waals surface area contributed by atoms with Crippen LogP contribution in [0.5, 0.6) is 0 Å². The van der Waals surface area contributed by atoms with Gasteiger partial charge in [-0.25, -0.2) is 0 Å². The van der Waals surface area contributed by atoms with Crippen molar-refractivity contribution >= 4 is 17.9 Å². The Labute approximate surface area is 162 Å². The number of rotatable bonds is 14. The van der Waals surface area contributed by atoms with Gasteiger partial charge in [-0.15, -0.1) is 0 Å². The van der Waals surface area contributed by atoms with Crippen LogP contribution in [0.25, 0.3) is 0 Å².